The summed E-state index contributed by atoms with van der Waals surface area (Å²) in [5.41, 5.74) is 19.6. The molecule has 0 radical (unpaired) electrons. The Morgan fingerprint density at radius 2 is 0.872 bits per heavy atom. The van der Waals surface area contributed by atoms with Crippen LogP contribution in [0, 0.1) is 90.0 Å². The number of amides is 4. The number of carbonyl (C=O) groups is 4. The highest BCUT2D eigenvalue weighted by Crippen LogP contribution is 2.40. The Morgan fingerprint density at radius 3 is 1.27 bits per heavy atom. The maximum atomic E-state index is 13.4. The first kappa shape index (κ1) is 83.9. The van der Waals surface area contributed by atoms with E-state index in [1.165, 1.54) is 11.1 Å². The fraction of sp³-hybridized carbons (Fsp3) is 0.371. The minimum atomic E-state index is -0.283. The lowest BCUT2D eigenvalue weighted by atomic mass is 10.1. The van der Waals surface area contributed by atoms with E-state index in [9.17, 15) is 43.5 Å². The zero-order valence-electron chi connectivity index (χ0n) is 69.6. The Bertz CT molecular complexity index is 6260. The first-order chi connectivity index (χ1) is 55.9. The number of H-pyrrole nitrogens is 4. The number of pyridine rings is 6. The van der Waals surface area contributed by atoms with E-state index >= 15 is 0 Å². The Labute approximate surface area is 676 Å². The third kappa shape index (κ3) is 17.2. The summed E-state index contributed by atoms with van der Waals surface area (Å²) in [5.74, 6) is 0.0831. The number of hydrogen-bond acceptors (Lipinski definition) is 16. The highest BCUT2D eigenvalue weighted by Gasteiger charge is 2.33. The van der Waals surface area contributed by atoms with Crippen molar-refractivity contribution in [1.29, 1.82) is 0 Å². The van der Waals surface area contributed by atoms with Crippen molar-refractivity contribution < 1.29 is 29.0 Å². The number of nitrogens with zero attached hydrogens (tertiary/aromatic N) is 10. The molecule has 610 valence electrons. The predicted molar refractivity (Wildman–Crippen MR) is 452 cm³/mol. The summed E-state index contributed by atoms with van der Waals surface area (Å²) in [5, 5.41) is 24.1. The molecule has 1 aliphatic heterocycles. The van der Waals surface area contributed by atoms with E-state index in [-0.39, 0.29) is 103 Å². The van der Waals surface area contributed by atoms with Crippen molar-refractivity contribution in [3.63, 3.8) is 0 Å². The molecule has 0 spiro atoms. The van der Waals surface area contributed by atoms with Crippen molar-refractivity contribution in [2.45, 2.75) is 207 Å². The smallest absolute Gasteiger partial charge is 0.254 e. The van der Waals surface area contributed by atoms with Gasteiger partial charge in [-0.3, -0.25) is 38.4 Å². The molecule has 0 bridgehead atoms. The lowest BCUT2D eigenvalue weighted by Gasteiger charge is -2.17. The van der Waals surface area contributed by atoms with Gasteiger partial charge in [0, 0.05) is 148 Å². The van der Waals surface area contributed by atoms with Crippen LogP contribution < -0.4 is 43.5 Å². The number of aromatic nitrogens is 14. The molecule has 2 unspecified atom stereocenters. The van der Waals surface area contributed by atoms with E-state index in [0.717, 1.165) is 133 Å². The van der Waals surface area contributed by atoms with Crippen LogP contribution in [0.2, 0.25) is 0 Å². The van der Waals surface area contributed by atoms with Crippen LogP contribution >= 0.6 is 0 Å². The third-order valence-corrected chi connectivity index (χ3v) is 22.6. The standard InChI is InChI=1S/C26H26N4O2.C21H27N5O3.C21H27N5O2.C21H24N4O3/c1-15-13-16(2)29-25(31)21(15)14-28-26(32)23-17(3)30(24-20(23)9-6-12-27-24)22-11-10-18-7-4-5-8-19(18)22;1-6-13(4)26-14(5)18(16-9-22-17(10-27)25-19(16)26)21(29)23-8-15-11(2)7-12(3)24-20(15)28;1-7-13(4)26-14(5)18(17-10-22-15(6)25-19(17)26)21(28)23-9-16-11(2)8-12(3)24-20(16)27;1-12-9-13(2)24-20(26)17(12)10-23-21(27)18-14(3)25(15-6-8-28-11-15)19-16(18)5-4-7-22-19/h4-9,12-13,22H,10-11,14H2,1-3H3,(H,28,32)(H,29,31);7,9,13,27H,6,8,10H2,1-5H3,(H,23,29)(H,24,28);8,10,13H,7,9H2,1-6H3,(H,23,28)(H,24,27);4-5,7,9,15H,6,8,10-11H2,1-3H3,(H,23,27)(H,24,26)/t;2*13-;/m.11./s1. The molecule has 1 aliphatic carbocycles. The molecule has 4 atom stereocenters. The maximum absolute atomic E-state index is 13.4. The van der Waals surface area contributed by atoms with Crippen molar-refractivity contribution in [3.05, 3.63) is 274 Å². The summed E-state index contributed by atoms with van der Waals surface area (Å²) in [6, 6.07) is 24.4. The Morgan fingerprint density at radius 1 is 0.479 bits per heavy atom. The molecule has 117 heavy (non-hydrogen) atoms. The lowest BCUT2D eigenvalue weighted by molar-refractivity contribution is 0.0943. The number of benzene rings is 1. The van der Waals surface area contributed by atoms with Crippen LogP contribution in [-0.2, 0) is 43.9 Å². The molecule has 1 saturated heterocycles. The zero-order valence-corrected chi connectivity index (χ0v) is 69.6. The summed E-state index contributed by atoms with van der Waals surface area (Å²) < 4.78 is 14.0. The van der Waals surface area contributed by atoms with Crippen molar-refractivity contribution in [3.8, 4) is 0 Å². The summed E-state index contributed by atoms with van der Waals surface area (Å²) in [6.07, 6.45) is 11.5. The minimum absolute atomic E-state index is 0.127. The van der Waals surface area contributed by atoms with Gasteiger partial charge in [0.15, 0.2) is 5.82 Å². The van der Waals surface area contributed by atoms with Gasteiger partial charge in [0.2, 0.25) is 0 Å². The van der Waals surface area contributed by atoms with E-state index < -0.39 is 0 Å². The SMILES string of the molecule is CC[C@@H](C)n1c(C)c(C(=O)NCc2c(C)cc(C)[nH]c2=O)c2cnc(C)nc21.CC[C@@H](C)n1c(C)c(C(=O)NCc2c(C)cc(C)[nH]c2=O)c2cnc(CO)nc21.Cc1cc(C)c(CNC(=O)c2c(C)n(C3CCOC3)c3ncccc23)c(=O)[nH]1.Cc1cc(C)c(CNC(=O)c2c(C)n(C3CCc4ccccc43)c3ncccc23)c(=O)[nH]1. The second kappa shape index (κ2) is 35.7. The zero-order chi connectivity index (χ0) is 84.1. The van der Waals surface area contributed by atoms with Crippen LogP contribution in [0.5, 0.6) is 0 Å². The van der Waals surface area contributed by atoms with E-state index in [4.69, 9.17) is 4.74 Å². The van der Waals surface area contributed by atoms with Gasteiger partial charge in [0.1, 0.15) is 35.0 Å². The molecule has 0 saturated carbocycles. The molecule has 15 rings (SSSR count). The van der Waals surface area contributed by atoms with Crippen molar-refractivity contribution in [2.75, 3.05) is 13.2 Å². The second-order valence-electron chi connectivity index (χ2n) is 30.7. The molecule has 28 nitrogen and oxygen atoms in total. The van der Waals surface area contributed by atoms with Gasteiger partial charge in [-0.1, -0.05) is 38.1 Å². The summed E-state index contributed by atoms with van der Waals surface area (Å²) >= 11 is 0. The van der Waals surface area contributed by atoms with E-state index in [1.807, 2.05) is 143 Å². The first-order valence-electron chi connectivity index (χ1n) is 39.7. The monoisotopic (exact) mass is 1580 g/mol. The highest BCUT2D eigenvalue weighted by molar-refractivity contribution is 6.10. The third-order valence-electron chi connectivity index (χ3n) is 22.6. The number of fused-ring (bicyclic) bond motifs is 5. The summed E-state index contributed by atoms with van der Waals surface area (Å²) in [4.78, 5) is 139. The van der Waals surface area contributed by atoms with Crippen LogP contribution in [0.3, 0.4) is 0 Å². The highest BCUT2D eigenvalue weighted by atomic mass is 16.5. The quantitative estimate of drug-likeness (QED) is 0.0363. The van der Waals surface area contributed by atoms with Crippen LogP contribution in [0.15, 0.2) is 117 Å². The molecule has 4 amide bonds. The van der Waals surface area contributed by atoms with Crippen molar-refractivity contribution in [1.82, 2.24) is 89.4 Å². The number of carbonyl (C=O) groups excluding carboxylic acids is 4. The van der Waals surface area contributed by atoms with Crippen molar-refractivity contribution >= 4 is 67.8 Å². The molecule has 13 aromatic rings. The summed E-state index contributed by atoms with van der Waals surface area (Å²) in [6.45, 7) is 34.5. The Kier molecular flexibility index (Phi) is 25.6. The molecule has 9 N–H and O–H groups in total. The van der Waals surface area contributed by atoms with Gasteiger partial charge in [0.25, 0.3) is 45.9 Å². The molecule has 13 heterocycles. The Hall–Kier alpha value is -12.6. The van der Waals surface area contributed by atoms with Crippen LogP contribution in [0.25, 0.3) is 44.1 Å². The number of nitrogens with one attached hydrogen (secondary N) is 8. The van der Waals surface area contributed by atoms with E-state index in [1.54, 1.807) is 24.8 Å². The average molecular weight is 1590 g/mol. The molecular weight excluding hydrogens is 1480 g/mol. The van der Waals surface area contributed by atoms with Gasteiger partial charge in [-0.05, 0) is 218 Å². The predicted octanol–water partition coefficient (Wildman–Crippen LogP) is 12.3. The maximum Gasteiger partial charge on any atom is 0.254 e. The molecule has 1 aromatic carbocycles. The molecular formula is C89H104N18O10. The normalized spacial score (nSPS) is 14.1. The molecule has 1 fully saturated rings. The first-order valence-corrected chi connectivity index (χ1v) is 39.7. The number of rotatable bonds is 19. The van der Waals surface area contributed by atoms with Gasteiger partial charge >= 0.3 is 0 Å². The van der Waals surface area contributed by atoms with Gasteiger partial charge in [-0.15, -0.1) is 0 Å². The number of aliphatic hydroxyl groups is 1. The summed E-state index contributed by atoms with van der Waals surface area (Å²) in [7, 11) is 0. The number of aromatic amines is 4. The number of hydrogen-bond donors (Lipinski definition) is 9. The molecule has 12 aromatic heterocycles. The fourth-order valence-electron chi connectivity index (χ4n) is 16.5. The topological polar surface area (TPSA) is 374 Å². The van der Waals surface area contributed by atoms with E-state index in [0.29, 0.717) is 80.4 Å². The van der Waals surface area contributed by atoms with Gasteiger partial charge in [-0.2, -0.15) is 0 Å². The fourth-order valence-corrected chi connectivity index (χ4v) is 16.5. The van der Waals surface area contributed by atoms with E-state index in [2.05, 4.69) is 137 Å². The molecule has 28 heteroatoms. The van der Waals surface area contributed by atoms with Crippen LogP contribution in [0.1, 0.15) is 232 Å². The number of aliphatic hydroxyl groups excluding tert-OH is 1. The minimum Gasteiger partial charge on any atom is -0.388 e. The largest absolute Gasteiger partial charge is 0.388 e. The van der Waals surface area contributed by atoms with Crippen LogP contribution in [0.4, 0.5) is 0 Å². The van der Waals surface area contributed by atoms with Gasteiger partial charge in [0.05, 0.1) is 51.7 Å². The van der Waals surface area contributed by atoms with Crippen LogP contribution in [-0.4, -0.2) is 110 Å². The lowest BCUT2D eigenvalue weighted by Crippen LogP contribution is -2.28. The second-order valence-corrected chi connectivity index (χ2v) is 30.7. The molecule has 2 aliphatic rings. The van der Waals surface area contributed by atoms with Crippen molar-refractivity contribution in [2.24, 2.45) is 0 Å². The van der Waals surface area contributed by atoms with Gasteiger partial charge < -0.3 is 69.3 Å². The Balaban J connectivity index is 0.000000144. The number of ether oxygens (including phenoxy) is 1. The average Bonchev–Trinajstić information content (AvgIpc) is 1.58. The van der Waals surface area contributed by atoms with Gasteiger partial charge in [-0.25, -0.2) is 29.9 Å². The number of aryl methyl sites for hydroxylation is 10.